The number of unbranched alkanes of at least 4 members (excludes halogenated alkanes) is 1. The van der Waals surface area contributed by atoms with Crippen LogP contribution in [0, 0.1) is 25.7 Å². The number of sulfonamides is 1. The maximum atomic E-state index is 13.9. The van der Waals surface area contributed by atoms with Crippen molar-refractivity contribution in [3.63, 3.8) is 0 Å². The van der Waals surface area contributed by atoms with Crippen LogP contribution in [0.1, 0.15) is 81.7 Å². The van der Waals surface area contributed by atoms with Gasteiger partial charge in [0.2, 0.25) is 0 Å². The average molecular weight is 619 g/mol. The van der Waals surface area contributed by atoms with Crippen molar-refractivity contribution in [1.82, 2.24) is 10.1 Å². The number of nitrogens with one attached hydrogen (secondary N) is 1. The second-order valence-corrected chi connectivity index (χ2v) is 14.5. The first-order valence-corrected chi connectivity index (χ1v) is 17.2. The van der Waals surface area contributed by atoms with Crippen molar-refractivity contribution in [3.05, 3.63) is 64.9 Å². The number of amides is 1. The van der Waals surface area contributed by atoms with Gasteiger partial charge in [0, 0.05) is 17.5 Å². The van der Waals surface area contributed by atoms with Crippen LogP contribution >= 0.6 is 0 Å². The van der Waals surface area contributed by atoms with E-state index in [0.717, 1.165) is 54.6 Å². The van der Waals surface area contributed by atoms with E-state index in [1.165, 1.54) is 6.42 Å². The van der Waals surface area contributed by atoms with E-state index in [1.54, 1.807) is 32.0 Å². The molecule has 3 aliphatic rings. The second kappa shape index (κ2) is 11.8. The Morgan fingerprint density at radius 3 is 2.55 bits per heavy atom. The van der Waals surface area contributed by atoms with Gasteiger partial charge < -0.3 is 9.26 Å². The maximum absolute atomic E-state index is 13.9. The van der Waals surface area contributed by atoms with Gasteiger partial charge in [0.25, 0.3) is 15.9 Å². The first kappa shape index (κ1) is 30.5. The molecule has 1 aromatic heterocycles. The molecule has 2 aromatic carbocycles. The fraction of sp³-hybridized carbons (Fsp3) is 0.500. The fourth-order valence-corrected chi connectivity index (χ4v) is 7.90. The number of anilines is 1. The lowest BCUT2D eigenvalue weighted by atomic mass is 9.93. The van der Waals surface area contributed by atoms with Gasteiger partial charge in [0.1, 0.15) is 17.1 Å². The Morgan fingerprint density at radius 1 is 1.11 bits per heavy atom. The molecular weight excluding hydrogens is 576 g/mol. The number of amidine groups is 1. The molecule has 2 fully saturated rings. The molecule has 0 bridgehead atoms. The molecule has 1 amide bonds. The molecule has 9 nitrogen and oxygen atoms in total. The van der Waals surface area contributed by atoms with Crippen LogP contribution in [0.5, 0.6) is 0 Å². The van der Waals surface area contributed by atoms with Crippen molar-refractivity contribution >= 4 is 27.6 Å². The van der Waals surface area contributed by atoms with Crippen molar-refractivity contribution in [2.75, 3.05) is 4.72 Å². The molecule has 2 atom stereocenters. The van der Waals surface area contributed by atoms with Crippen LogP contribution in [-0.2, 0) is 32.7 Å². The van der Waals surface area contributed by atoms with Crippen LogP contribution in [-0.4, -0.2) is 41.9 Å². The lowest BCUT2D eigenvalue weighted by Gasteiger charge is -2.24. The van der Waals surface area contributed by atoms with E-state index in [-0.39, 0.29) is 22.7 Å². The summed E-state index contributed by atoms with van der Waals surface area (Å²) in [5.41, 5.74) is 3.18. The molecule has 0 radical (unpaired) electrons. The maximum Gasteiger partial charge on any atom is 0.263 e. The molecule has 1 N–H and O–H groups in total. The van der Waals surface area contributed by atoms with Gasteiger partial charge in [-0.15, -0.1) is 0 Å². The van der Waals surface area contributed by atoms with Crippen LogP contribution < -0.4 is 4.72 Å². The zero-order valence-electron chi connectivity index (χ0n) is 26.2. The minimum Gasteiger partial charge on any atom is -0.374 e. The van der Waals surface area contributed by atoms with Crippen LogP contribution in [0.25, 0.3) is 11.1 Å². The van der Waals surface area contributed by atoms with E-state index in [9.17, 15) is 13.2 Å². The molecule has 2 unspecified atom stereocenters. The molecule has 1 aliphatic heterocycles. The smallest absolute Gasteiger partial charge is 0.263 e. The number of aryl methyl sites for hydroxylation is 1. The number of benzene rings is 2. The number of fused-ring (bicyclic) bond motifs is 1. The first-order chi connectivity index (χ1) is 21.0. The molecule has 1 spiro atoms. The Balaban J connectivity index is 1.33. The number of aromatic nitrogens is 1. The zero-order chi connectivity index (χ0) is 31.2. The molecular formula is C34H42N4O5S. The summed E-state index contributed by atoms with van der Waals surface area (Å²) in [5, 5.41) is 3.89. The number of carbonyl (C=O) groups excluding carboxylic acids is 1. The third-order valence-corrected chi connectivity index (χ3v) is 10.7. The molecule has 2 heterocycles. The van der Waals surface area contributed by atoms with Crippen LogP contribution in [0.15, 0.2) is 56.9 Å². The summed E-state index contributed by atoms with van der Waals surface area (Å²) in [4.78, 5) is 21.0. The first-order valence-electron chi connectivity index (χ1n) is 15.7. The number of hydrogen-bond acceptors (Lipinski definition) is 7. The molecule has 10 heteroatoms. The van der Waals surface area contributed by atoms with Crippen LogP contribution in [0.3, 0.4) is 0 Å². The van der Waals surface area contributed by atoms with Gasteiger partial charge in [-0.2, -0.15) is 0 Å². The molecule has 2 aliphatic carbocycles. The highest BCUT2D eigenvalue weighted by molar-refractivity contribution is 7.92. The normalized spacial score (nSPS) is 22.6. The lowest BCUT2D eigenvalue weighted by Crippen LogP contribution is -2.41. The molecule has 6 rings (SSSR count). The standard InChI is InChI=1S/C34H42N4O5S/c1-6-7-12-31-35-34(17-25-16-26(25)18-34)33(39)38(31)19-24-13-14-28(27(15-24)20-42-21(2)3)29-10-8-9-11-30(29)44(40,41)37-32-22(4)23(5)43-36-32/h8-11,13-15,21,25-26H,6-7,12,16-20H2,1-5H3,(H,36,37). The fourth-order valence-electron chi connectivity index (χ4n) is 6.62. The monoisotopic (exact) mass is 618 g/mol. The largest absolute Gasteiger partial charge is 0.374 e. The SMILES string of the molecule is CCCCC1=NC2(CC3CC3C2)C(=O)N1Cc1ccc(-c2ccccc2S(=O)(=O)Nc2noc(C)c2C)c(COC(C)C)c1. The number of nitrogens with zero attached hydrogens (tertiary/aromatic N) is 3. The molecule has 234 valence electrons. The van der Waals surface area contributed by atoms with E-state index >= 15 is 0 Å². The Morgan fingerprint density at radius 2 is 1.86 bits per heavy atom. The molecule has 0 saturated heterocycles. The Hall–Kier alpha value is -3.50. The van der Waals surface area contributed by atoms with Crippen molar-refractivity contribution in [2.45, 2.75) is 103 Å². The predicted octanol–water partition coefficient (Wildman–Crippen LogP) is 6.78. The van der Waals surface area contributed by atoms with Gasteiger partial charge in [-0.3, -0.25) is 19.4 Å². The van der Waals surface area contributed by atoms with E-state index in [2.05, 4.69) is 16.8 Å². The quantitative estimate of drug-likeness (QED) is 0.239. The summed E-state index contributed by atoms with van der Waals surface area (Å²) in [5.74, 6) is 3.07. The predicted molar refractivity (Wildman–Crippen MR) is 170 cm³/mol. The van der Waals surface area contributed by atoms with E-state index in [4.69, 9.17) is 14.3 Å². The van der Waals surface area contributed by atoms with Crippen molar-refractivity contribution in [3.8, 4) is 11.1 Å². The average Bonchev–Trinajstić information content (AvgIpc) is 3.40. The third kappa shape index (κ3) is 5.81. The van der Waals surface area contributed by atoms with Gasteiger partial charge >= 0.3 is 0 Å². The number of aliphatic imine (C=N–C) groups is 1. The Kier molecular flexibility index (Phi) is 8.17. The highest BCUT2D eigenvalue weighted by Crippen LogP contribution is 2.59. The van der Waals surface area contributed by atoms with Gasteiger partial charge in [-0.25, -0.2) is 8.42 Å². The van der Waals surface area contributed by atoms with Crippen LogP contribution in [0.2, 0.25) is 0 Å². The molecule has 2 saturated carbocycles. The van der Waals surface area contributed by atoms with Gasteiger partial charge in [-0.1, -0.05) is 54.9 Å². The molecule has 3 aromatic rings. The van der Waals surface area contributed by atoms with Gasteiger partial charge in [0.15, 0.2) is 5.82 Å². The number of hydrogen-bond donors (Lipinski definition) is 1. The highest BCUT2D eigenvalue weighted by Gasteiger charge is 2.61. The Bertz CT molecular complexity index is 1700. The number of ether oxygens (including phenoxy) is 1. The summed E-state index contributed by atoms with van der Waals surface area (Å²) in [7, 11) is -4.00. The summed E-state index contributed by atoms with van der Waals surface area (Å²) >= 11 is 0. The van der Waals surface area contributed by atoms with Gasteiger partial charge in [-0.05, 0) is 88.0 Å². The minimum absolute atomic E-state index is 0.0212. The topological polar surface area (TPSA) is 114 Å². The lowest BCUT2D eigenvalue weighted by molar-refractivity contribution is -0.131. The summed E-state index contributed by atoms with van der Waals surface area (Å²) in [6.45, 7) is 10.3. The van der Waals surface area contributed by atoms with E-state index in [0.29, 0.717) is 41.9 Å². The van der Waals surface area contributed by atoms with Crippen molar-refractivity contribution in [2.24, 2.45) is 16.8 Å². The van der Waals surface area contributed by atoms with E-state index < -0.39 is 15.6 Å². The zero-order valence-corrected chi connectivity index (χ0v) is 27.0. The number of rotatable bonds is 12. The summed E-state index contributed by atoms with van der Waals surface area (Å²) in [6, 6.07) is 12.9. The second-order valence-electron chi connectivity index (χ2n) is 12.9. The van der Waals surface area contributed by atoms with E-state index in [1.807, 2.05) is 43.0 Å². The van der Waals surface area contributed by atoms with Crippen molar-refractivity contribution in [1.29, 1.82) is 0 Å². The highest BCUT2D eigenvalue weighted by atomic mass is 32.2. The molecule has 44 heavy (non-hydrogen) atoms. The third-order valence-electron chi connectivity index (χ3n) is 9.26. The summed E-state index contributed by atoms with van der Waals surface area (Å²) < 4.78 is 41.1. The summed E-state index contributed by atoms with van der Waals surface area (Å²) in [6.07, 6.45) is 5.79. The van der Waals surface area contributed by atoms with Gasteiger partial charge in [0.05, 0.1) is 24.2 Å². The number of carbonyl (C=O) groups is 1. The van der Waals surface area contributed by atoms with Crippen molar-refractivity contribution < 1.29 is 22.5 Å². The Labute approximate surface area is 260 Å². The minimum atomic E-state index is -4.00. The van der Waals surface area contributed by atoms with Crippen LogP contribution in [0.4, 0.5) is 5.82 Å².